The Morgan fingerprint density at radius 1 is 0.465 bits per heavy atom. The number of rotatable bonds is 57. The van der Waals surface area contributed by atoms with Crippen LogP contribution < -0.4 is 5.32 Å². The number of likely N-dealkylation sites (N-methyl/N-ethyl adjacent to an activating group) is 1. The van der Waals surface area contributed by atoms with Crippen molar-refractivity contribution < 1.29 is 32.9 Å². The molecule has 0 aromatic carbocycles. The number of nitrogens with one attached hydrogen (secondary N) is 1. The summed E-state index contributed by atoms with van der Waals surface area (Å²) in [6.07, 6.45) is 69.8. The topological polar surface area (TPSA) is 105 Å². The summed E-state index contributed by atoms with van der Waals surface area (Å²) in [6, 6.07) is -0.868. The highest BCUT2D eigenvalue weighted by molar-refractivity contribution is 7.47. The summed E-state index contributed by atoms with van der Waals surface area (Å²) >= 11 is 0. The number of quaternary nitrogens is 1. The Morgan fingerprint density at radius 2 is 0.775 bits per heavy atom. The number of phosphoric ester groups is 1. The third-order valence-electron chi connectivity index (χ3n) is 14.1. The molecule has 3 atom stereocenters. The lowest BCUT2D eigenvalue weighted by Gasteiger charge is -2.25. The van der Waals surface area contributed by atoms with Crippen molar-refractivity contribution in [3.05, 3.63) is 36.5 Å². The molecular weight excluding hydrogens is 900 g/mol. The van der Waals surface area contributed by atoms with Gasteiger partial charge in [0, 0.05) is 6.42 Å². The predicted octanol–water partition coefficient (Wildman–Crippen LogP) is 18.9. The Bertz CT molecular complexity index is 1250. The van der Waals surface area contributed by atoms with Crippen LogP contribution in [0.5, 0.6) is 0 Å². The highest BCUT2D eigenvalue weighted by Gasteiger charge is 2.27. The van der Waals surface area contributed by atoms with Gasteiger partial charge in [-0.3, -0.25) is 13.8 Å². The smallest absolute Gasteiger partial charge is 0.387 e. The van der Waals surface area contributed by atoms with E-state index in [0.29, 0.717) is 17.4 Å². The molecule has 3 unspecified atom stereocenters. The minimum absolute atomic E-state index is 0.0553. The zero-order valence-corrected chi connectivity index (χ0v) is 48.9. The number of aliphatic hydroxyl groups excluding tert-OH is 1. The summed E-state index contributed by atoms with van der Waals surface area (Å²) in [5, 5.41) is 13.9. The van der Waals surface area contributed by atoms with Gasteiger partial charge in [0.15, 0.2) is 0 Å². The van der Waals surface area contributed by atoms with Crippen LogP contribution in [0.2, 0.25) is 0 Å². The molecule has 9 heteroatoms. The van der Waals surface area contributed by atoms with E-state index in [9.17, 15) is 19.4 Å². The zero-order valence-electron chi connectivity index (χ0n) is 48.0. The molecule has 0 saturated heterocycles. The van der Waals surface area contributed by atoms with E-state index in [4.69, 9.17) is 9.05 Å². The third-order valence-corrected chi connectivity index (χ3v) is 15.1. The molecule has 0 spiro atoms. The molecule has 0 bridgehead atoms. The predicted molar refractivity (Wildman–Crippen MR) is 309 cm³/mol. The molecule has 71 heavy (non-hydrogen) atoms. The molecule has 0 radical (unpaired) electrons. The minimum atomic E-state index is -4.36. The fourth-order valence-electron chi connectivity index (χ4n) is 9.25. The summed E-state index contributed by atoms with van der Waals surface area (Å²) < 4.78 is 23.7. The minimum Gasteiger partial charge on any atom is -0.387 e. The molecule has 0 aliphatic heterocycles. The van der Waals surface area contributed by atoms with Gasteiger partial charge in [0.25, 0.3) is 0 Å². The molecule has 0 aliphatic carbocycles. The molecule has 0 heterocycles. The summed E-state index contributed by atoms with van der Waals surface area (Å²) in [6.45, 7) is 4.83. The lowest BCUT2D eigenvalue weighted by Crippen LogP contribution is -2.45. The van der Waals surface area contributed by atoms with Crippen LogP contribution >= 0.6 is 7.82 Å². The number of carbonyl (C=O) groups is 1. The quantitative estimate of drug-likeness (QED) is 0.0243. The van der Waals surface area contributed by atoms with E-state index in [1.165, 1.54) is 238 Å². The highest BCUT2D eigenvalue weighted by atomic mass is 31.2. The van der Waals surface area contributed by atoms with Crippen LogP contribution in [0, 0.1) is 0 Å². The second-order valence-corrected chi connectivity index (χ2v) is 23.9. The van der Waals surface area contributed by atoms with Gasteiger partial charge in [0.2, 0.25) is 5.91 Å². The van der Waals surface area contributed by atoms with Crippen molar-refractivity contribution in [2.45, 2.75) is 315 Å². The first-order valence-electron chi connectivity index (χ1n) is 30.9. The Kier molecular flexibility index (Phi) is 52.6. The van der Waals surface area contributed by atoms with Gasteiger partial charge in [-0.2, -0.15) is 0 Å². The summed E-state index contributed by atoms with van der Waals surface area (Å²) in [5.74, 6) is -0.185. The molecule has 0 fully saturated rings. The number of aliphatic hydroxyl groups is 1. The maximum Gasteiger partial charge on any atom is 0.472 e. The Hall–Kier alpha value is -1.28. The van der Waals surface area contributed by atoms with Gasteiger partial charge < -0.3 is 19.8 Å². The largest absolute Gasteiger partial charge is 0.472 e. The molecule has 420 valence electrons. The fourth-order valence-corrected chi connectivity index (χ4v) is 9.99. The zero-order chi connectivity index (χ0) is 52.0. The number of phosphoric acid groups is 1. The molecule has 0 aliphatic rings. The molecule has 0 aromatic heterocycles. The first-order valence-corrected chi connectivity index (χ1v) is 32.4. The average molecular weight is 1020 g/mol. The van der Waals surface area contributed by atoms with Gasteiger partial charge in [0.05, 0.1) is 39.9 Å². The van der Waals surface area contributed by atoms with Gasteiger partial charge in [-0.15, -0.1) is 0 Å². The van der Waals surface area contributed by atoms with E-state index >= 15 is 0 Å². The molecule has 0 aromatic rings. The molecule has 1 amide bonds. The molecule has 0 saturated carbocycles. The van der Waals surface area contributed by atoms with E-state index in [-0.39, 0.29) is 19.1 Å². The lowest BCUT2D eigenvalue weighted by atomic mass is 10.0. The normalized spacial score (nSPS) is 14.1. The van der Waals surface area contributed by atoms with Crippen molar-refractivity contribution >= 4 is 13.7 Å². The molecule has 8 nitrogen and oxygen atoms in total. The van der Waals surface area contributed by atoms with Crippen LogP contribution in [0.15, 0.2) is 36.5 Å². The van der Waals surface area contributed by atoms with Crippen LogP contribution in [0.3, 0.4) is 0 Å². The first-order chi connectivity index (χ1) is 34.5. The average Bonchev–Trinajstić information content (AvgIpc) is 3.33. The molecular formula is C62H122N2O6P+. The van der Waals surface area contributed by atoms with Crippen molar-refractivity contribution in [1.29, 1.82) is 0 Å². The van der Waals surface area contributed by atoms with E-state index < -0.39 is 20.0 Å². The van der Waals surface area contributed by atoms with Crippen molar-refractivity contribution in [3.63, 3.8) is 0 Å². The number of carbonyl (C=O) groups excluding carboxylic acids is 1. The monoisotopic (exact) mass is 1020 g/mol. The lowest BCUT2D eigenvalue weighted by molar-refractivity contribution is -0.870. The van der Waals surface area contributed by atoms with Crippen LogP contribution in [0.1, 0.15) is 303 Å². The van der Waals surface area contributed by atoms with E-state index in [0.717, 1.165) is 44.9 Å². The van der Waals surface area contributed by atoms with E-state index in [2.05, 4.69) is 43.5 Å². The Morgan fingerprint density at radius 3 is 1.13 bits per heavy atom. The summed E-state index contributed by atoms with van der Waals surface area (Å²) in [4.78, 5) is 23.3. The van der Waals surface area contributed by atoms with E-state index in [1.54, 1.807) is 6.08 Å². The van der Waals surface area contributed by atoms with Crippen molar-refractivity contribution in [3.8, 4) is 0 Å². The second kappa shape index (κ2) is 53.5. The summed E-state index contributed by atoms with van der Waals surface area (Å²) in [5.41, 5.74) is 0. The Labute approximate surface area is 442 Å². The first kappa shape index (κ1) is 69.7. The number of unbranched alkanes of at least 4 members (excludes halogenated alkanes) is 40. The van der Waals surface area contributed by atoms with Crippen LogP contribution in [-0.2, 0) is 18.4 Å². The third kappa shape index (κ3) is 56.3. The van der Waals surface area contributed by atoms with Crippen LogP contribution in [-0.4, -0.2) is 73.4 Å². The standard InChI is InChI=1S/C62H121N2O6P/c1-6-8-10-12-14-16-18-20-22-24-26-28-30-32-33-35-37-39-41-43-45-47-49-51-53-55-61(65)60(59-70-71(67,68)69-58-57-64(3,4)5)63-62(66)56-54-52-50-48-46-44-42-40-38-36-34-31-29-27-25-23-21-19-17-15-13-11-9-7-2/h37,39,45,47,53,55,60-61,65H,6-36,38,40-44,46,48-52,54,56-59H2,1-5H3,(H-,63,66,67,68)/p+1/b39-37+,47-45+,55-53+. The van der Waals surface area contributed by atoms with Crippen LogP contribution in [0.4, 0.5) is 0 Å². The number of nitrogens with zero attached hydrogens (tertiary/aromatic N) is 1. The van der Waals surface area contributed by atoms with Gasteiger partial charge in [-0.05, 0) is 44.9 Å². The Balaban J connectivity index is 4.21. The molecule has 0 rings (SSSR count). The van der Waals surface area contributed by atoms with E-state index in [1.807, 2.05) is 27.2 Å². The number of allylic oxidation sites excluding steroid dienone is 5. The maximum atomic E-state index is 13.0. The fraction of sp³-hybridized carbons (Fsp3) is 0.887. The van der Waals surface area contributed by atoms with Crippen molar-refractivity contribution in [1.82, 2.24) is 5.32 Å². The van der Waals surface area contributed by atoms with Gasteiger partial charge in [-0.25, -0.2) is 4.57 Å². The molecule has 3 N–H and O–H groups in total. The second-order valence-electron chi connectivity index (χ2n) is 22.4. The van der Waals surface area contributed by atoms with Gasteiger partial charge in [0.1, 0.15) is 13.2 Å². The van der Waals surface area contributed by atoms with Gasteiger partial charge in [-0.1, -0.05) is 288 Å². The van der Waals surface area contributed by atoms with Gasteiger partial charge >= 0.3 is 7.82 Å². The highest BCUT2D eigenvalue weighted by Crippen LogP contribution is 2.43. The summed E-state index contributed by atoms with van der Waals surface area (Å²) in [7, 11) is 1.56. The number of hydrogen-bond acceptors (Lipinski definition) is 5. The van der Waals surface area contributed by atoms with Crippen molar-refractivity contribution in [2.75, 3.05) is 40.9 Å². The number of amides is 1. The maximum absolute atomic E-state index is 13.0. The van der Waals surface area contributed by atoms with Crippen LogP contribution in [0.25, 0.3) is 0 Å². The SMILES string of the molecule is CCCCCCCCCCCCCCCCC/C=C/CC/C=C/CC/C=C/C(O)C(COP(=O)(O)OCC[N+](C)(C)C)NC(=O)CCCCCCCCCCCCCCCCCCCCCCCCCC. The number of hydrogen-bond donors (Lipinski definition) is 3. The van der Waals surface area contributed by atoms with Crippen molar-refractivity contribution in [2.24, 2.45) is 0 Å².